The van der Waals surface area contributed by atoms with Crippen molar-refractivity contribution >= 4 is 17.8 Å². The van der Waals surface area contributed by atoms with Gasteiger partial charge in [0.25, 0.3) is 0 Å². The smallest absolute Gasteiger partial charge is 0.329 e. The van der Waals surface area contributed by atoms with E-state index < -0.39 is 5.97 Å². The Labute approximate surface area is 75.3 Å². The molecule has 13 heavy (non-hydrogen) atoms. The van der Waals surface area contributed by atoms with Gasteiger partial charge in [-0.15, -0.1) is 0 Å². The molecule has 3 nitrogen and oxygen atoms in total. The topological polar surface area (TPSA) is 54.4 Å². The van der Waals surface area contributed by atoms with E-state index in [1.165, 1.54) is 0 Å². The lowest BCUT2D eigenvalue weighted by Gasteiger charge is -1.96. The van der Waals surface area contributed by atoms with E-state index >= 15 is 0 Å². The van der Waals surface area contributed by atoms with E-state index in [0.29, 0.717) is 11.8 Å². The second kappa shape index (κ2) is 4.21. The van der Waals surface area contributed by atoms with Gasteiger partial charge in [0.1, 0.15) is 0 Å². The van der Waals surface area contributed by atoms with Crippen LogP contribution in [0, 0.1) is 0 Å². The van der Waals surface area contributed by atoms with Crippen LogP contribution in [0.5, 0.6) is 0 Å². The predicted molar refractivity (Wildman–Crippen MR) is 48.1 cm³/mol. The Morgan fingerprint density at radius 3 is 2.31 bits per heavy atom. The van der Waals surface area contributed by atoms with Crippen molar-refractivity contribution in [2.45, 2.75) is 0 Å². The van der Waals surface area contributed by atoms with Crippen LogP contribution in [0.2, 0.25) is 0 Å². The van der Waals surface area contributed by atoms with Crippen LogP contribution in [0.25, 0.3) is 5.57 Å². The molecule has 1 aromatic rings. The summed E-state index contributed by atoms with van der Waals surface area (Å²) >= 11 is 0. The van der Waals surface area contributed by atoms with Gasteiger partial charge >= 0.3 is 5.97 Å². The lowest BCUT2D eigenvalue weighted by atomic mass is 10.1. The van der Waals surface area contributed by atoms with Crippen molar-refractivity contribution in [2.75, 3.05) is 0 Å². The maximum atomic E-state index is 10.5. The molecule has 3 heteroatoms. The first-order valence-corrected chi connectivity index (χ1v) is 3.69. The van der Waals surface area contributed by atoms with Gasteiger partial charge in [-0.3, -0.25) is 4.79 Å². The second-order valence-electron chi connectivity index (χ2n) is 2.42. The largest absolute Gasteiger partial charge is 0.478 e. The highest BCUT2D eigenvalue weighted by molar-refractivity contribution is 6.12. The first kappa shape index (κ1) is 9.19. The summed E-state index contributed by atoms with van der Waals surface area (Å²) in [6.45, 7) is 0. The monoisotopic (exact) mass is 176 g/mol. The molecule has 1 rings (SSSR count). The number of hydrogen-bond donors (Lipinski definition) is 1. The first-order valence-electron chi connectivity index (χ1n) is 3.69. The minimum absolute atomic E-state index is 0.174. The van der Waals surface area contributed by atoms with E-state index in [4.69, 9.17) is 5.11 Å². The number of carboxylic acid groups (broad SMARTS) is 1. The molecule has 66 valence electrons. The van der Waals surface area contributed by atoms with Gasteiger partial charge in [0, 0.05) is 11.6 Å². The summed E-state index contributed by atoms with van der Waals surface area (Å²) in [7, 11) is 0. The molecule has 0 unspecified atom stereocenters. The Bertz CT molecular complexity index is 338. The van der Waals surface area contributed by atoms with Gasteiger partial charge in [0.15, 0.2) is 6.29 Å². The van der Waals surface area contributed by atoms with Gasteiger partial charge < -0.3 is 5.11 Å². The molecule has 0 saturated carbocycles. The fourth-order valence-corrected chi connectivity index (χ4v) is 0.949. The lowest BCUT2D eigenvalue weighted by molar-refractivity contribution is -0.131. The van der Waals surface area contributed by atoms with Gasteiger partial charge in [-0.25, -0.2) is 4.79 Å². The fourth-order valence-electron chi connectivity index (χ4n) is 0.949. The maximum Gasteiger partial charge on any atom is 0.329 e. The van der Waals surface area contributed by atoms with E-state index in [2.05, 4.69) is 0 Å². The summed E-state index contributed by atoms with van der Waals surface area (Å²) < 4.78 is 0. The summed E-state index contributed by atoms with van der Waals surface area (Å²) in [5.41, 5.74) is 0.785. The molecule has 1 aromatic carbocycles. The summed E-state index contributed by atoms with van der Waals surface area (Å²) in [5, 5.41) is 8.44. The van der Waals surface area contributed by atoms with Crippen molar-refractivity contribution in [1.29, 1.82) is 0 Å². The molecule has 0 heterocycles. The maximum absolute atomic E-state index is 10.5. The molecule has 0 spiro atoms. The third kappa shape index (κ3) is 2.56. The number of allylic oxidation sites excluding steroid dienone is 1. The summed E-state index contributed by atoms with van der Waals surface area (Å²) in [6.07, 6.45) is 1.42. The third-order valence-electron chi connectivity index (χ3n) is 1.51. The molecule has 0 bridgehead atoms. The van der Waals surface area contributed by atoms with Crippen LogP contribution in [-0.4, -0.2) is 17.4 Å². The highest BCUT2D eigenvalue weighted by atomic mass is 16.4. The fraction of sp³-hybridized carbons (Fsp3) is 0. The van der Waals surface area contributed by atoms with E-state index in [1.807, 2.05) is 0 Å². The molecule has 0 aliphatic rings. The molecule has 0 fully saturated rings. The summed E-state index contributed by atoms with van der Waals surface area (Å²) in [4.78, 5) is 20.8. The minimum Gasteiger partial charge on any atom is -0.478 e. The van der Waals surface area contributed by atoms with Gasteiger partial charge in [-0.1, -0.05) is 30.3 Å². The van der Waals surface area contributed by atoms with Crippen molar-refractivity contribution in [1.82, 2.24) is 0 Å². The van der Waals surface area contributed by atoms with E-state index in [9.17, 15) is 9.59 Å². The van der Waals surface area contributed by atoms with Crippen LogP contribution in [0.4, 0.5) is 0 Å². The zero-order chi connectivity index (χ0) is 9.68. The van der Waals surface area contributed by atoms with Crippen LogP contribution in [0.15, 0.2) is 36.4 Å². The van der Waals surface area contributed by atoms with Crippen LogP contribution < -0.4 is 0 Å². The molecule has 0 saturated heterocycles. The number of benzene rings is 1. The van der Waals surface area contributed by atoms with Crippen molar-refractivity contribution in [2.24, 2.45) is 0 Å². The predicted octanol–water partition coefficient (Wildman–Crippen LogP) is 1.35. The molecule has 0 aromatic heterocycles. The number of aldehydes is 1. The average Bonchev–Trinajstić information content (AvgIpc) is 2.15. The second-order valence-corrected chi connectivity index (χ2v) is 2.42. The molecule has 0 aliphatic heterocycles. The lowest BCUT2D eigenvalue weighted by Crippen LogP contribution is -1.93. The van der Waals surface area contributed by atoms with Gasteiger partial charge in [-0.05, 0) is 5.56 Å². The van der Waals surface area contributed by atoms with Crippen LogP contribution >= 0.6 is 0 Å². The zero-order valence-electron chi connectivity index (χ0n) is 6.81. The molecule has 0 amide bonds. The normalized spacial score (nSPS) is 10.9. The molecule has 0 atom stereocenters. The standard InChI is InChI=1S/C10H8O3/c11-7-9(6-10(12)13)8-4-2-1-3-5-8/h1-7H,(H,12,13). The summed E-state index contributed by atoms with van der Waals surface area (Å²) in [5.74, 6) is -1.12. The van der Waals surface area contributed by atoms with Gasteiger partial charge in [-0.2, -0.15) is 0 Å². The minimum atomic E-state index is -1.12. The summed E-state index contributed by atoms with van der Waals surface area (Å²) in [6, 6.07) is 8.65. The third-order valence-corrected chi connectivity index (χ3v) is 1.51. The first-order chi connectivity index (χ1) is 6.24. The molecular formula is C10H8O3. The van der Waals surface area contributed by atoms with E-state index in [0.717, 1.165) is 6.08 Å². The number of aliphatic carboxylic acids is 1. The Morgan fingerprint density at radius 1 is 1.23 bits per heavy atom. The Balaban J connectivity index is 3.05. The Kier molecular flexibility index (Phi) is 2.97. The van der Waals surface area contributed by atoms with Gasteiger partial charge in [0.2, 0.25) is 0 Å². The zero-order valence-corrected chi connectivity index (χ0v) is 6.81. The molecular weight excluding hydrogens is 168 g/mol. The Hall–Kier alpha value is -1.90. The van der Waals surface area contributed by atoms with Crippen molar-refractivity contribution in [3.05, 3.63) is 42.0 Å². The van der Waals surface area contributed by atoms with Gasteiger partial charge in [0.05, 0.1) is 0 Å². The number of rotatable bonds is 3. The van der Waals surface area contributed by atoms with E-state index in [1.54, 1.807) is 30.3 Å². The van der Waals surface area contributed by atoms with E-state index in [-0.39, 0.29) is 5.57 Å². The highest BCUT2D eigenvalue weighted by Crippen LogP contribution is 2.10. The van der Waals surface area contributed by atoms with Crippen molar-refractivity contribution in [3.8, 4) is 0 Å². The number of carbonyl (C=O) groups is 2. The molecule has 1 N–H and O–H groups in total. The van der Waals surface area contributed by atoms with Crippen molar-refractivity contribution in [3.63, 3.8) is 0 Å². The molecule has 0 radical (unpaired) electrons. The van der Waals surface area contributed by atoms with Crippen molar-refractivity contribution < 1.29 is 14.7 Å². The number of hydrogen-bond acceptors (Lipinski definition) is 2. The number of carbonyl (C=O) groups excluding carboxylic acids is 1. The Morgan fingerprint density at radius 2 is 1.85 bits per heavy atom. The highest BCUT2D eigenvalue weighted by Gasteiger charge is 2.00. The quantitative estimate of drug-likeness (QED) is 0.558. The van der Waals surface area contributed by atoms with Crippen LogP contribution in [0.1, 0.15) is 5.56 Å². The number of carboxylic acids is 1. The average molecular weight is 176 g/mol. The molecule has 0 aliphatic carbocycles. The van der Waals surface area contributed by atoms with Crippen LogP contribution in [0.3, 0.4) is 0 Å². The van der Waals surface area contributed by atoms with Crippen LogP contribution in [-0.2, 0) is 9.59 Å². The SMILES string of the molecule is O=CC(=CC(=O)O)c1ccccc1.